The number of carbonyl (C=O) groups is 1. The average molecular weight is 376 g/mol. The molecule has 1 fully saturated rings. The van der Waals surface area contributed by atoms with Crippen LogP contribution in [0, 0.1) is 0 Å². The molecule has 0 radical (unpaired) electrons. The number of nitrogens with zero attached hydrogens (tertiary/aromatic N) is 1. The van der Waals surface area contributed by atoms with Crippen LogP contribution < -0.4 is 11.1 Å². The minimum atomic E-state index is -3.65. The van der Waals surface area contributed by atoms with Crippen molar-refractivity contribution in [1.82, 2.24) is 9.62 Å². The second-order valence-electron chi connectivity index (χ2n) is 6.00. The monoisotopic (exact) mass is 375 g/mol. The van der Waals surface area contributed by atoms with Gasteiger partial charge < -0.3 is 11.1 Å². The molecule has 2 rings (SSSR count). The molecule has 1 saturated heterocycles. The molecular weight excluding hydrogens is 350 g/mol. The Kier molecular flexibility index (Phi) is 8.15. The third-order valence-corrected chi connectivity index (χ3v) is 5.93. The molecule has 1 aliphatic heterocycles. The van der Waals surface area contributed by atoms with Gasteiger partial charge in [-0.25, -0.2) is 8.42 Å². The molecule has 0 aliphatic carbocycles. The fourth-order valence-corrected chi connectivity index (χ4v) is 4.40. The average Bonchev–Trinajstić information content (AvgIpc) is 2.55. The first-order chi connectivity index (χ1) is 10.9. The zero-order valence-electron chi connectivity index (χ0n) is 13.8. The zero-order valence-corrected chi connectivity index (χ0v) is 15.5. The van der Waals surface area contributed by atoms with E-state index in [4.69, 9.17) is 5.73 Å². The maximum atomic E-state index is 12.8. The summed E-state index contributed by atoms with van der Waals surface area (Å²) in [5.41, 5.74) is 5.67. The van der Waals surface area contributed by atoms with Crippen molar-refractivity contribution in [2.24, 2.45) is 5.73 Å². The van der Waals surface area contributed by atoms with Gasteiger partial charge in [-0.3, -0.25) is 4.79 Å². The summed E-state index contributed by atoms with van der Waals surface area (Å²) in [5.74, 6) is -0.232. The Balaban J connectivity index is 0.00000288. The van der Waals surface area contributed by atoms with Gasteiger partial charge in [-0.05, 0) is 38.3 Å². The van der Waals surface area contributed by atoms with Crippen LogP contribution in [0.2, 0.25) is 0 Å². The standard InChI is InChI=1S/C16H25N3O3S.ClH/c1-13(17)10-11-18-16(20)15-9-5-6-12-19(15)23(21,22)14-7-3-2-4-8-14;/h2-4,7-8,13,15H,5-6,9-12,17H2,1H3,(H,18,20);1H. The Bertz CT molecular complexity index is 623. The van der Waals surface area contributed by atoms with E-state index in [1.54, 1.807) is 30.3 Å². The van der Waals surface area contributed by atoms with E-state index in [1.807, 2.05) is 6.92 Å². The Morgan fingerprint density at radius 1 is 1.33 bits per heavy atom. The summed E-state index contributed by atoms with van der Waals surface area (Å²) < 4.78 is 27.0. The van der Waals surface area contributed by atoms with Crippen LogP contribution in [0.15, 0.2) is 35.2 Å². The van der Waals surface area contributed by atoms with E-state index in [-0.39, 0.29) is 29.3 Å². The van der Waals surface area contributed by atoms with Crippen LogP contribution in [0.3, 0.4) is 0 Å². The third kappa shape index (κ3) is 5.17. The predicted octanol–water partition coefficient (Wildman–Crippen LogP) is 1.51. The van der Waals surface area contributed by atoms with Crippen LogP contribution >= 0.6 is 12.4 Å². The van der Waals surface area contributed by atoms with Crippen molar-refractivity contribution < 1.29 is 13.2 Å². The number of benzene rings is 1. The van der Waals surface area contributed by atoms with Crippen LogP contribution in [0.1, 0.15) is 32.6 Å². The van der Waals surface area contributed by atoms with E-state index in [1.165, 1.54) is 4.31 Å². The maximum absolute atomic E-state index is 12.8. The molecule has 8 heteroatoms. The summed E-state index contributed by atoms with van der Waals surface area (Å²) in [4.78, 5) is 12.6. The van der Waals surface area contributed by atoms with Gasteiger partial charge in [-0.1, -0.05) is 24.6 Å². The summed E-state index contributed by atoms with van der Waals surface area (Å²) in [7, 11) is -3.65. The van der Waals surface area contributed by atoms with E-state index in [0.29, 0.717) is 25.9 Å². The van der Waals surface area contributed by atoms with Crippen molar-refractivity contribution in [3.63, 3.8) is 0 Å². The van der Waals surface area contributed by atoms with Gasteiger partial charge in [-0.2, -0.15) is 4.31 Å². The Hall–Kier alpha value is -1.15. The largest absolute Gasteiger partial charge is 0.355 e. The summed E-state index contributed by atoms with van der Waals surface area (Å²) >= 11 is 0. The zero-order chi connectivity index (χ0) is 16.9. The molecule has 1 amide bonds. The van der Waals surface area contributed by atoms with Crippen molar-refractivity contribution in [1.29, 1.82) is 0 Å². The van der Waals surface area contributed by atoms with Gasteiger partial charge in [0.05, 0.1) is 4.90 Å². The lowest BCUT2D eigenvalue weighted by atomic mass is 10.0. The van der Waals surface area contributed by atoms with Crippen molar-refractivity contribution in [3.05, 3.63) is 30.3 Å². The Morgan fingerprint density at radius 2 is 2.00 bits per heavy atom. The highest BCUT2D eigenvalue weighted by Crippen LogP contribution is 2.25. The number of hydrogen-bond donors (Lipinski definition) is 2. The number of nitrogens with one attached hydrogen (secondary N) is 1. The fourth-order valence-electron chi connectivity index (χ4n) is 2.72. The summed E-state index contributed by atoms with van der Waals surface area (Å²) in [6, 6.07) is 7.65. The molecule has 24 heavy (non-hydrogen) atoms. The molecule has 2 unspecified atom stereocenters. The van der Waals surface area contributed by atoms with E-state index >= 15 is 0 Å². The minimum absolute atomic E-state index is 0. The topological polar surface area (TPSA) is 92.5 Å². The highest BCUT2D eigenvalue weighted by molar-refractivity contribution is 7.89. The number of carbonyl (C=O) groups excluding carboxylic acids is 1. The van der Waals surface area contributed by atoms with E-state index < -0.39 is 16.1 Å². The number of rotatable bonds is 6. The smallest absolute Gasteiger partial charge is 0.243 e. The normalized spacial score (nSPS) is 20.0. The lowest BCUT2D eigenvalue weighted by Crippen LogP contribution is -2.52. The summed E-state index contributed by atoms with van der Waals surface area (Å²) in [6.45, 7) is 2.72. The van der Waals surface area contributed by atoms with Gasteiger partial charge in [0, 0.05) is 19.1 Å². The van der Waals surface area contributed by atoms with Gasteiger partial charge in [0.25, 0.3) is 0 Å². The van der Waals surface area contributed by atoms with Gasteiger partial charge in [0.2, 0.25) is 15.9 Å². The molecule has 2 atom stereocenters. The SMILES string of the molecule is CC(N)CCNC(=O)C1CCCCN1S(=O)(=O)c1ccccc1.Cl. The molecule has 3 N–H and O–H groups in total. The van der Waals surface area contributed by atoms with Crippen LogP contribution in [0.25, 0.3) is 0 Å². The molecule has 1 aromatic carbocycles. The molecule has 6 nitrogen and oxygen atoms in total. The summed E-state index contributed by atoms with van der Waals surface area (Å²) in [6.07, 6.45) is 2.85. The number of hydrogen-bond acceptors (Lipinski definition) is 4. The van der Waals surface area contributed by atoms with E-state index in [2.05, 4.69) is 5.32 Å². The molecule has 0 aromatic heterocycles. The first kappa shape index (κ1) is 20.9. The predicted molar refractivity (Wildman–Crippen MR) is 96.5 cm³/mol. The van der Waals surface area contributed by atoms with Crippen LogP contribution in [-0.4, -0.2) is 43.8 Å². The number of piperidine rings is 1. The van der Waals surface area contributed by atoms with Crippen LogP contribution in [0.4, 0.5) is 0 Å². The second kappa shape index (κ2) is 9.36. The van der Waals surface area contributed by atoms with Crippen molar-refractivity contribution in [3.8, 4) is 0 Å². The maximum Gasteiger partial charge on any atom is 0.243 e. The van der Waals surface area contributed by atoms with Gasteiger partial charge in [0.1, 0.15) is 6.04 Å². The first-order valence-electron chi connectivity index (χ1n) is 8.03. The highest BCUT2D eigenvalue weighted by Gasteiger charge is 2.37. The van der Waals surface area contributed by atoms with E-state index in [0.717, 1.165) is 12.8 Å². The molecule has 136 valence electrons. The summed E-state index contributed by atoms with van der Waals surface area (Å²) in [5, 5.41) is 2.81. The Labute approximate surface area is 150 Å². The van der Waals surface area contributed by atoms with Gasteiger partial charge >= 0.3 is 0 Å². The third-order valence-electron chi connectivity index (χ3n) is 4.01. The van der Waals surface area contributed by atoms with Gasteiger partial charge in [-0.15, -0.1) is 12.4 Å². The fraction of sp³-hybridized carbons (Fsp3) is 0.562. The number of halogens is 1. The molecular formula is C16H26ClN3O3S. The van der Waals surface area contributed by atoms with Gasteiger partial charge in [0.15, 0.2) is 0 Å². The minimum Gasteiger partial charge on any atom is -0.355 e. The van der Waals surface area contributed by atoms with E-state index in [9.17, 15) is 13.2 Å². The highest BCUT2D eigenvalue weighted by atomic mass is 35.5. The second-order valence-corrected chi connectivity index (χ2v) is 7.89. The first-order valence-corrected chi connectivity index (χ1v) is 9.47. The number of nitrogens with two attached hydrogens (primary N) is 1. The van der Waals surface area contributed by atoms with Crippen molar-refractivity contribution >= 4 is 28.3 Å². The molecule has 0 bridgehead atoms. The Morgan fingerprint density at radius 3 is 2.62 bits per heavy atom. The van der Waals surface area contributed by atoms with Crippen LogP contribution in [-0.2, 0) is 14.8 Å². The lowest BCUT2D eigenvalue weighted by molar-refractivity contribution is -0.125. The molecule has 1 aromatic rings. The van der Waals surface area contributed by atoms with Crippen molar-refractivity contribution in [2.75, 3.05) is 13.1 Å². The molecule has 0 saturated carbocycles. The molecule has 1 aliphatic rings. The lowest BCUT2D eigenvalue weighted by Gasteiger charge is -2.33. The quantitative estimate of drug-likeness (QED) is 0.788. The number of amides is 1. The molecule has 0 spiro atoms. The number of sulfonamides is 1. The van der Waals surface area contributed by atoms with Crippen LogP contribution in [0.5, 0.6) is 0 Å². The molecule has 1 heterocycles. The van der Waals surface area contributed by atoms with Crippen molar-refractivity contribution in [2.45, 2.75) is 49.6 Å².